The normalized spacial score (nSPS) is 15.6. The highest BCUT2D eigenvalue weighted by Gasteiger charge is 2.24. The Morgan fingerprint density at radius 2 is 2.00 bits per heavy atom. The number of amides is 1. The summed E-state index contributed by atoms with van der Waals surface area (Å²) in [5.74, 6) is 0.0348. The lowest BCUT2D eigenvalue weighted by molar-refractivity contribution is -0.121. The van der Waals surface area contributed by atoms with Crippen LogP contribution < -0.4 is 10.9 Å². The Kier molecular flexibility index (Phi) is 6.36. The summed E-state index contributed by atoms with van der Waals surface area (Å²) in [5, 5.41) is 5.81. The number of rotatable bonds is 8. The predicted octanol–water partition coefficient (Wildman–Crippen LogP) is 3.19. The largest absolute Gasteiger partial charge is 0.354 e. The van der Waals surface area contributed by atoms with Gasteiger partial charge in [0.05, 0.1) is 23.3 Å². The first-order valence-corrected chi connectivity index (χ1v) is 11.1. The van der Waals surface area contributed by atoms with Crippen molar-refractivity contribution in [1.82, 2.24) is 19.8 Å². The molecule has 1 N–H and O–H groups in total. The second-order valence-corrected chi connectivity index (χ2v) is 8.42. The maximum atomic E-state index is 12.5. The highest BCUT2D eigenvalue weighted by molar-refractivity contribution is 7.10. The molecule has 1 aromatic carbocycles. The van der Waals surface area contributed by atoms with E-state index in [4.69, 9.17) is 0 Å². The number of carbonyl (C=O) groups excluding carboxylic acids is 1. The number of aromatic nitrogens is 2. The fourth-order valence-corrected chi connectivity index (χ4v) is 4.78. The van der Waals surface area contributed by atoms with E-state index in [2.05, 4.69) is 32.7 Å². The molecule has 152 valence electrons. The molecule has 3 heterocycles. The minimum Gasteiger partial charge on any atom is -0.354 e. The summed E-state index contributed by atoms with van der Waals surface area (Å²) in [6.07, 6.45) is 5.03. The average Bonchev–Trinajstić information content (AvgIpc) is 3.45. The molecule has 1 atom stereocenters. The van der Waals surface area contributed by atoms with E-state index in [0.29, 0.717) is 36.8 Å². The number of carbonyl (C=O) groups is 1. The Hall–Kier alpha value is -2.51. The van der Waals surface area contributed by atoms with Crippen LogP contribution in [0.4, 0.5) is 0 Å². The van der Waals surface area contributed by atoms with Crippen molar-refractivity contribution in [3.05, 3.63) is 63.3 Å². The van der Waals surface area contributed by atoms with E-state index in [9.17, 15) is 9.59 Å². The van der Waals surface area contributed by atoms with Gasteiger partial charge < -0.3 is 5.32 Å². The first-order valence-electron chi connectivity index (χ1n) is 10.2. The maximum Gasteiger partial charge on any atom is 0.261 e. The van der Waals surface area contributed by atoms with Crippen molar-refractivity contribution >= 4 is 28.1 Å². The molecule has 0 aliphatic carbocycles. The number of nitrogens with one attached hydrogen (secondary N) is 1. The molecule has 7 heteroatoms. The van der Waals surface area contributed by atoms with Gasteiger partial charge in [0.2, 0.25) is 5.91 Å². The molecule has 1 unspecified atom stereocenters. The number of para-hydroxylation sites is 1. The molecule has 4 rings (SSSR count). The van der Waals surface area contributed by atoms with E-state index < -0.39 is 0 Å². The van der Waals surface area contributed by atoms with Crippen LogP contribution in [0.2, 0.25) is 0 Å². The summed E-state index contributed by atoms with van der Waals surface area (Å²) in [6, 6.07) is 11.8. The van der Waals surface area contributed by atoms with Gasteiger partial charge in [-0.2, -0.15) is 0 Å². The fraction of sp³-hybridized carbons (Fsp3) is 0.409. The van der Waals surface area contributed by atoms with Crippen molar-refractivity contribution in [3.8, 4) is 0 Å². The summed E-state index contributed by atoms with van der Waals surface area (Å²) in [7, 11) is 0. The van der Waals surface area contributed by atoms with Crippen LogP contribution >= 0.6 is 11.3 Å². The summed E-state index contributed by atoms with van der Waals surface area (Å²) in [4.78, 5) is 33.0. The molecule has 0 radical (unpaired) electrons. The predicted molar refractivity (Wildman–Crippen MR) is 116 cm³/mol. The van der Waals surface area contributed by atoms with Gasteiger partial charge in [0.1, 0.15) is 0 Å². The van der Waals surface area contributed by atoms with Crippen LogP contribution in [0.25, 0.3) is 10.9 Å². The number of hydrogen-bond acceptors (Lipinski definition) is 5. The van der Waals surface area contributed by atoms with Gasteiger partial charge >= 0.3 is 0 Å². The van der Waals surface area contributed by atoms with Crippen molar-refractivity contribution in [1.29, 1.82) is 0 Å². The topological polar surface area (TPSA) is 67.2 Å². The molecule has 1 saturated heterocycles. The SMILES string of the molecule is O=C(CCCn1cnc2ccccc2c1=O)NCC(c1cccs1)N1CCCC1. The first kappa shape index (κ1) is 19.8. The molecule has 3 aromatic rings. The number of aryl methyl sites for hydroxylation is 1. The van der Waals surface area contributed by atoms with Gasteiger partial charge in [-0.15, -0.1) is 11.3 Å². The Balaban J connectivity index is 1.30. The third-order valence-corrected chi connectivity index (χ3v) is 6.45. The van der Waals surface area contributed by atoms with Crippen LogP contribution in [-0.2, 0) is 11.3 Å². The highest BCUT2D eigenvalue weighted by atomic mass is 32.1. The fourth-order valence-electron chi connectivity index (χ4n) is 3.92. The lowest BCUT2D eigenvalue weighted by atomic mass is 10.2. The molecule has 1 aliphatic rings. The van der Waals surface area contributed by atoms with Crippen LogP contribution in [0.15, 0.2) is 52.9 Å². The molecule has 0 spiro atoms. The quantitative estimate of drug-likeness (QED) is 0.619. The molecule has 1 fully saturated rings. The summed E-state index contributed by atoms with van der Waals surface area (Å²) >= 11 is 1.75. The van der Waals surface area contributed by atoms with Gasteiger partial charge in [0, 0.05) is 24.4 Å². The Morgan fingerprint density at radius 1 is 1.17 bits per heavy atom. The zero-order valence-electron chi connectivity index (χ0n) is 16.4. The lowest BCUT2D eigenvalue weighted by Gasteiger charge is -2.26. The molecule has 2 aromatic heterocycles. The van der Waals surface area contributed by atoms with E-state index in [-0.39, 0.29) is 17.5 Å². The molecular formula is C22H26N4O2S. The Morgan fingerprint density at radius 3 is 2.79 bits per heavy atom. The molecule has 6 nitrogen and oxygen atoms in total. The second kappa shape index (κ2) is 9.33. The molecule has 29 heavy (non-hydrogen) atoms. The van der Waals surface area contributed by atoms with Gasteiger partial charge in [-0.05, 0) is 55.9 Å². The number of benzene rings is 1. The first-order chi connectivity index (χ1) is 14.2. The van der Waals surface area contributed by atoms with Crippen molar-refractivity contribution < 1.29 is 4.79 Å². The minimum absolute atomic E-state index is 0.0348. The monoisotopic (exact) mass is 410 g/mol. The molecule has 0 saturated carbocycles. The summed E-state index contributed by atoms with van der Waals surface area (Å²) in [6.45, 7) is 3.31. The molecule has 1 aliphatic heterocycles. The van der Waals surface area contributed by atoms with E-state index in [1.54, 1.807) is 28.3 Å². The Bertz CT molecular complexity index is 1010. The third kappa shape index (κ3) is 4.74. The van der Waals surface area contributed by atoms with E-state index in [1.165, 1.54) is 17.7 Å². The smallest absolute Gasteiger partial charge is 0.261 e. The summed E-state index contributed by atoms with van der Waals surface area (Å²) in [5.41, 5.74) is 0.649. The van der Waals surface area contributed by atoms with Crippen LogP contribution in [0.5, 0.6) is 0 Å². The van der Waals surface area contributed by atoms with E-state index in [1.807, 2.05) is 18.2 Å². The standard InChI is InChI=1S/C22H26N4O2S/c27-21(23-15-19(20-9-6-14-29-20)25-11-3-4-12-25)10-5-13-26-16-24-18-8-2-1-7-17(18)22(26)28/h1-2,6-9,14,16,19H,3-5,10-13,15H2,(H,23,27). The molecule has 1 amide bonds. The lowest BCUT2D eigenvalue weighted by Crippen LogP contribution is -2.36. The minimum atomic E-state index is -0.0530. The van der Waals surface area contributed by atoms with Crippen LogP contribution in [0.3, 0.4) is 0 Å². The summed E-state index contributed by atoms with van der Waals surface area (Å²) < 4.78 is 1.59. The van der Waals surface area contributed by atoms with Crippen molar-refractivity contribution in [2.45, 2.75) is 38.3 Å². The number of likely N-dealkylation sites (tertiary alicyclic amines) is 1. The van der Waals surface area contributed by atoms with Crippen molar-refractivity contribution in [3.63, 3.8) is 0 Å². The molecule has 0 bridgehead atoms. The van der Waals surface area contributed by atoms with E-state index in [0.717, 1.165) is 13.1 Å². The van der Waals surface area contributed by atoms with Crippen molar-refractivity contribution in [2.24, 2.45) is 0 Å². The van der Waals surface area contributed by atoms with Crippen molar-refractivity contribution in [2.75, 3.05) is 19.6 Å². The number of nitrogens with zero attached hydrogens (tertiary/aromatic N) is 3. The number of thiophene rings is 1. The van der Waals surface area contributed by atoms with Gasteiger partial charge in [-0.25, -0.2) is 4.98 Å². The number of fused-ring (bicyclic) bond motifs is 1. The van der Waals surface area contributed by atoms with Gasteiger partial charge in [0.25, 0.3) is 5.56 Å². The van der Waals surface area contributed by atoms with Crippen LogP contribution in [-0.4, -0.2) is 40.0 Å². The van der Waals surface area contributed by atoms with Crippen LogP contribution in [0.1, 0.15) is 36.6 Å². The van der Waals surface area contributed by atoms with Gasteiger partial charge in [-0.3, -0.25) is 19.1 Å². The van der Waals surface area contributed by atoms with Gasteiger partial charge in [0.15, 0.2) is 0 Å². The average molecular weight is 411 g/mol. The number of hydrogen-bond donors (Lipinski definition) is 1. The van der Waals surface area contributed by atoms with Crippen LogP contribution in [0, 0.1) is 0 Å². The molecular weight excluding hydrogens is 384 g/mol. The second-order valence-electron chi connectivity index (χ2n) is 7.44. The maximum absolute atomic E-state index is 12.5. The van der Waals surface area contributed by atoms with Gasteiger partial charge in [-0.1, -0.05) is 18.2 Å². The van der Waals surface area contributed by atoms with E-state index >= 15 is 0 Å². The zero-order chi connectivity index (χ0) is 20.1. The third-order valence-electron chi connectivity index (χ3n) is 5.48. The Labute approximate surface area is 174 Å². The highest BCUT2D eigenvalue weighted by Crippen LogP contribution is 2.27. The zero-order valence-corrected chi connectivity index (χ0v) is 17.2.